The minimum atomic E-state index is -0.113. The fraction of sp³-hybridized carbons (Fsp3) is 0.500. The van der Waals surface area contributed by atoms with Crippen LogP contribution in [0.1, 0.15) is 12.5 Å². The zero-order chi connectivity index (χ0) is 11.8. The lowest BCUT2D eigenvalue weighted by atomic mass is 10.2. The van der Waals surface area contributed by atoms with Gasteiger partial charge in [-0.3, -0.25) is 0 Å². The minimum Gasteiger partial charge on any atom is -0.494 e. The van der Waals surface area contributed by atoms with Crippen LogP contribution in [-0.2, 0) is 11.3 Å². The molecule has 0 saturated carbocycles. The van der Waals surface area contributed by atoms with E-state index in [9.17, 15) is 0 Å². The van der Waals surface area contributed by atoms with Crippen molar-refractivity contribution < 1.29 is 9.47 Å². The first-order chi connectivity index (χ1) is 7.81. The summed E-state index contributed by atoms with van der Waals surface area (Å²) >= 11 is 11.4. The number of hydrogen-bond donors (Lipinski definition) is 0. The number of rotatable bonds is 7. The lowest BCUT2D eigenvalue weighted by molar-refractivity contribution is 0.0685. The van der Waals surface area contributed by atoms with Crippen molar-refractivity contribution in [3.63, 3.8) is 0 Å². The van der Waals surface area contributed by atoms with E-state index in [0.29, 0.717) is 25.0 Å². The molecule has 0 spiro atoms. The molecule has 0 fully saturated rings. The first kappa shape index (κ1) is 13.6. The van der Waals surface area contributed by atoms with Gasteiger partial charge in [-0.15, -0.1) is 23.2 Å². The Morgan fingerprint density at radius 3 is 2.50 bits per heavy atom. The van der Waals surface area contributed by atoms with E-state index in [-0.39, 0.29) is 6.10 Å². The van der Waals surface area contributed by atoms with Gasteiger partial charge in [0.2, 0.25) is 0 Å². The number of halogens is 2. The van der Waals surface area contributed by atoms with Crippen LogP contribution in [0.4, 0.5) is 0 Å². The van der Waals surface area contributed by atoms with Crippen molar-refractivity contribution in [1.82, 2.24) is 0 Å². The molecule has 0 amide bonds. The molecule has 0 atom stereocenters. The summed E-state index contributed by atoms with van der Waals surface area (Å²) in [6.45, 7) is 3.07. The largest absolute Gasteiger partial charge is 0.494 e. The monoisotopic (exact) mass is 262 g/mol. The normalized spacial score (nSPS) is 10.8. The molecular weight excluding hydrogens is 247 g/mol. The van der Waals surface area contributed by atoms with Crippen molar-refractivity contribution in [2.24, 2.45) is 0 Å². The predicted octanol–water partition coefficient (Wildman–Crippen LogP) is 3.45. The van der Waals surface area contributed by atoms with Crippen molar-refractivity contribution >= 4 is 23.2 Å². The van der Waals surface area contributed by atoms with Gasteiger partial charge in [-0.1, -0.05) is 18.2 Å². The van der Waals surface area contributed by atoms with Crippen molar-refractivity contribution in [2.45, 2.75) is 19.6 Å². The molecular formula is C12H16Cl2O2. The van der Waals surface area contributed by atoms with E-state index in [1.807, 2.05) is 31.2 Å². The predicted molar refractivity (Wildman–Crippen MR) is 67.6 cm³/mol. The highest BCUT2D eigenvalue weighted by Crippen LogP contribution is 2.19. The summed E-state index contributed by atoms with van der Waals surface area (Å²) in [6.07, 6.45) is -0.113. The second-order valence-corrected chi connectivity index (χ2v) is 3.90. The van der Waals surface area contributed by atoms with Crippen LogP contribution in [0.2, 0.25) is 0 Å². The van der Waals surface area contributed by atoms with Gasteiger partial charge in [0, 0.05) is 17.3 Å². The first-order valence-electron chi connectivity index (χ1n) is 5.26. The Morgan fingerprint density at radius 2 is 1.88 bits per heavy atom. The van der Waals surface area contributed by atoms with E-state index >= 15 is 0 Å². The average molecular weight is 263 g/mol. The van der Waals surface area contributed by atoms with E-state index in [4.69, 9.17) is 32.7 Å². The topological polar surface area (TPSA) is 18.5 Å². The van der Waals surface area contributed by atoms with Crippen molar-refractivity contribution in [1.29, 1.82) is 0 Å². The number of benzene rings is 1. The van der Waals surface area contributed by atoms with Gasteiger partial charge in [-0.2, -0.15) is 0 Å². The van der Waals surface area contributed by atoms with Crippen LogP contribution >= 0.6 is 23.2 Å². The summed E-state index contributed by atoms with van der Waals surface area (Å²) in [5.41, 5.74) is 1.02. The number of hydrogen-bond acceptors (Lipinski definition) is 2. The molecule has 0 unspecified atom stereocenters. The highest BCUT2D eigenvalue weighted by molar-refractivity contribution is 6.21. The summed E-state index contributed by atoms with van der Waals surface area (Å²) < 4.78 is 11.1. The summed E-state index contributed by atoms with van der Waals surface area (Å²) in [4.78, 5) is 0. The van der Waals surface area contributed by atoms with Crippen LogP contribution in [0.15, 0.2) is 24.3 Å². The molecule has 0 saturated heterocycles. The van der Waals surface area contributed by atoms with Crippen LogP contribution in [0, 0.1) is 0 Å². The Hall–Kier alpha value is -0.440. The van der Waals surface area contributed by atoms with Crippen molar-refractivity contribution in [3.8, 4) is 5.75 Å². The van der Waals surface area contributed by atoms with Crippen LogP contribution in [0.5, 0.6) is 5.75 Å². The van der Waals surface area contributed by atoms with Gasteiger partial charge in [0.1, 0.15) is 5.75 Å². The highest BCUT2D eigenvalue weighted by atomic mass is 35.5. The maximum Gasteiger partial charge on any atom is 0.124 e. The van der Waals surface area contributed by atoms with Crippen molar-refractivity contribution in [2.75, 3.05) is 18.4 Å². The molecule has 2 nitrogen and oxygen atoms in total. The molecule has 0 radical (unpaired) electrons. The maximum absolute atomic E-state index is 5.69. The quantitative estimate of drug-likeness (QED) is 0.701. The molecule has 0 heterocycles. The van der Waals surface area contributed by atoms with E-state index < -0.39 is 0 Å². The molecule has 0 aliphatic rings. The molecule has 0 N–H and O–H groups in total. The third-order valence-electron chi connectivity index (χ3n) is 2.09. The van der Waals surface area contributed by atoms with Gasteiger partial charge in [-0.05, 0) is 13.0 Å². The lowest BCUT2D eigenvalue weighted by Gasteiger charge is -2.14. The number of alkyl halides is 2. The van der Waals surface area contributed by atoms with Crippen LogP contribution in [0.25, 0.3) is 0 Å². The lowest BCUT2D eigenvalue weighted by Crippen LogP contribution is -2.16. The van der Waals surface area contributed by atoms with Gasteiger partial charge in [0.05, 0.1) is 19.3 Å². The third-order valence-corrected chi connectivity index (χ3v) is 2.78. The smallest absolute Gasteiger partial charge is 0.124 e. The molecule has 1 aromatic rings. The molecule has 0 aliphatic carbocycles. The third kappa shape index (κ3) is 4.20. The Labute approximate surface area is 106 Å². The van der Waals surface area contributed by atoms with E-state index in [0.717, 1.165) is 11.3 Å². The number of para-hydroxylation sites is 1. The zero-order valence-electron chi connectivity index (χ0n) is 9.29. The van der Waals surface area contributed by atoms with E-state index in [2.05, 4.69) is 0 Å². The maximum atomic E-state index is 5.69. The SMILES string of the molecule is CCOc1ccccc1COC(CCl)CCl. The molecule has 90 valence electrons. The Kier molecular flexibility index (Phi) is 6.62. The molecule has 1 rings (SSSR count). The van der Waals surface area contributed by atoms with Gasteiger partial charge < -0.3 is 9.47 Å². The summed E-state index contributed by atoms with van der Waals surface area (Å²) in [6, 6.07) is 7.80. The zero-order valence-corrected chi connectivity index (χ0v) is 10.8. The average Bonchev–Trinajstić information content (AvgIpc) is 2.33. The fourth-order valence-corrected chi connectivity index (χ4v) is 1.77. The van der Waals surface area contributed by atoms with Crippen molar-refractivity contribution in [3.05, 3.63) is 29.8 Å². The molecule has 1 aromatic carbocycles. The van der Waals surface area contributed by atoms with Gasteiger partial charge >= 0.3 is 0 Å². The van der Waals surface area contributed by atoms with Crippen LogP contribution in [-0.4, -0.2) is 24.5 Å². The molecule has 16 heavy (non-hydrogen) atoms. The molecule has 0 bridgehead atoms. The van der Waals surface area contributed by atoms with Gasteiger partial charge in [0.15, 0.2) is 0 Å². The second-order valence-electron chi connectivity index (χ2n) is 3.28. The highest BCUT2D eigenvalue weighted by Gasteiger charge is 2.08. The summed E-state index contributed by atoms with van der Waals surface area (Å²) in [5.74, 6) is 1.66. The first-order valence-corrected chi connectivity index (χ1v) is 6.33. The van der Waals surface area contributed by atoms with Crippen LogP contribution < -0.4 is 4.74 Å². The Balaban J connectivity index is 2.58. The van der Waals surface area contributed by atoms with E-state index in [1.165, 1.54) is 0 Å². The Bertz CT molecular complexity index is 301. The van der Waals surface area contributed by atoms with E-state index in [1.54, 1.807) is 0 Å². The van der Waals surface area contributed by atoms with Crippen LogP contribution in [0.3, 0.4) is 0 Å². The number of ether oxygens (including phenoxy) is 2. The van der Waals surface area contributed by atoms with Gasteiger partial charge in [0.25, 0.3) is 0 Å². The van der Waals surface area contributed by atoms with Gasteiger partial charge in [-0.25, -0.2) is 0 Å². The second kappa shape index (κ2) is 7.77. The fourth-order valence-electron chi connectivity index (χ4n) is 1.26. The Morgan fingerprint density at radius 1 is 1.19 bits per heavy atom. The summed E-state index contributed by atoms with van der Waals surface area (Å²) in [5, 5.41) is 0. The molecule has 0 aliphatic heterocycles. The molecule has 4 heteroatoms. The standard InChI is InChI=1S/C12H16Cl2O2/c1-2-15-12-6-4-3-5-10(12)9-16-11(7-13)8-14/h3-6,11H,2,7-9H2,1H3. The molecule has 0 aromatic heterocycles. The minimum absolute atomic E-state index is 0.113. The summed E-state index contributed by atoms with van der Waals surface area (Å²) in [7, 11) is 0.